The Morgan fingerprint density at radius 1 is 1.53 bits per heavy atom. The molecular formula is C12H15N3O2. The van der Waals surface area contributed by atoms with Gasteiger partial charge in [0.15, 0.2) is 0 Å². The third-order valence-electron chi connectivity index (χ3n) is 3.77. The van der Waals surface area contributed by atoms with E-state index in [1.54, 1.807) is 6.20 Å². The number of amides is 1. The number of anilines is 1. The summed E-state index contributed by atoms with van der Waals surface area (Å²) in [5.74, 6) is 0.922. The van der Waals surface area contributed by atoms with Gasteiger partial charge in [-0.25, -0.2) is 9.78 Å². The van der Waals surface area contributed by atoms with E-state index < -0.39 is 6.09 Å². The maximum Gasteiger partial charge on any atom is 0.407 e. The minimum atomic E-state index is -0.824. The minimum Gasteiger partial charge on any atom is -0.465 e. The molecule has 17 heavy (non-hydrogen) atoms. The molecule has 1 aromatic heterocycles. The van der Waals surface area contributed by atoms with Crippen molar-refractivity contribution in [1.29, 1.82) is 0 Å². The molecule has 0 saturated carbocycles. The van der Waals surface area contributed by atoms with Gasteiger partial charge in [0.2, 0.25) is 0 Å². The van der Waals surface area contributed by atoms with Gasteiger partial charge < -0.3 is 15.3 Å². The average molecular weight is 233 g/mol. The van der Waals surface area contributed by atoms with Crippen LogP contribution in [0.2, 0.25) is 0 Å². The summed E-state index contributed by atoms with van der Waals surface area (Å²) in [4.78, 5) is 16.8. The number of hydrogen-bond acceptors (Lipinski definition) is 3. The van der Waals surface area contributed by atoms with E-state index in [9.17, 15) is 4.79 Å². The number of nitrogens with one attached hydrogen (secondary N) is 1. The van der Waals surface area contributed by atoms with Crippen LogP contribution in [0.25, 0.3) is 0 Å². The molecule has 5 heteroatoms. The lowest BCUT2D eigenvalue weighted by molar-refractivity contribution is 0.153. The highest BCUT2D eigenvalue weighted by Gasteiger charge is 2.42. The number of likely N-dealkylation sites (tertiary alicyclic amines) is 1. The second-order valence-corrected chi connectivity index (χ2v) is 4.87. The van der Waals surface area contributed by atoms with E-state index in [0.29, 0.717) is 13.1 Å². The molecule has 1 unspecified atom stereocenters. The number of carboxylic acid groups (broad SMARTS) is 1. The van der Waals surface area contributed by atoms with Gasteiger partial charge in [0.1, 0.15) is 5.82 Å². The number of aryl methyl sites for hydroxylation is 1. The Hall–Kier alpha value is -1.78. The highest BCUT2D eigenvalue weighted by Crippen LogP contribution is 2.35. The molecule has 1 aromatic rings. The summed E-state index contributed by atoms with van der Waals surface area (Å²) in [5, 5.41) is 12.4. The molecule has 1 saturated heterocycles. The lowest BCUT2D eigenvalue weighted by Crippen LogP contribution is -2.45. The summed E-state index contributed by atoms with van der Waals surface area (Å²) in [6, 6.07) is 4.02. The maximum absolute atomic E-state index is 11.0. The van der Waals surface area contributed by atoms with Crippen LogP contribution >= 0.6 is 0 Å². The van der Waals surface area contributed by atoms with Crippen molar-refractivity contribution in [3.63, 3.8) is 0 Å². The van der Waals surface area contributed by atoms with Crippen molar-refractivity contribution in [2.75, 3.05) is 18.4 Å². The molecule has 1 fully saturated rings. The second-order valence-electron chi connectivity index (χ2n) is 4.87. The molecule has 2 aliphatic rings. The molecule has 0 bridgehead atoms. The predicted octanol–water partition coefficient (Wildman–Crippen LogP) is 1.56. The van der Waals surface area contributed by atoms with Crippen molar-refractivity contribution >= 4 is 11.9 Å². The van der Waals surface area contributed by atoms with Gasteiger partial charge in [-0.1, -0.05) is 6.07 Å². The van der Waals surface area contributed by atoms with Crippen molar-refractivity contribution in [2.45, 2.75) is 24.8 Å². The average Bonchev–Trinajstić information content (AvgIpc) is 2.73. The first-order valence-electron chi connectivity index (χ1n) is 5.89. The molecule has 1 amide bonds. The number of hydrogen-bond donors (Lipinski definition) is 2. The first-order valence-corrected chi connectivity index (χ1v) is 5.89. The Labute approximate surface area is 99.5 Å². The molecule has 2 N–H and O–H groups in total. The third-order valence-corrected chi connectivity index (χ3v) is 3.77. The van der Waals surface area contributed by atoms with Gasteiger partial charge in [-0.3, -0.25) is 0 Å². The summed E-state index contributed by atoms with van der Waals surface area (Å²) >= 11 is 0. The highest BCUT2D eigenvalue weighted by atomic mass is 16.4. The van der Waals surface area contributed by atoms with Crippen molar-refractivity contribution in [3.05, 3.63) is 23.9 Å². The smallest absolute Gasteiger partial charge is 0.407 e. The lowest BCUT2D eigenvalue weighted by atomic mass is 9.87. The quantitative estimate of drug-likeness (QED) is 0.713. The number of nitrogens with zero attached hydrogens (tertiary/aromatic N) is 2. The molecule has 0 aliphatic carbocycles. The van der Waals surface area contributed by atoms with Gasteiger partial charge >= 0.3 is 6.09 Å². The van der Waals surface area contributed by atoms with Crippen molar-refractivity contribution in [2.24, 2.45) is 0 Å². The van der Waals surface area contributed by atoms with Gasteiger partial charge in [0.25, 0.3) is 0 Å². The zero-order chi connectivity index (χ0) is 11.9. The van der Waals surface area contributed by atoms with E-state index in [-0.39, 0.29) is 5.54 Å². The largest absolute Gasteiger partial charge is 0.465 e. The normalized spacial score (nSPS) is 26.7. The van der Waals surface area contributed by atoms with Crippen molar-refractivity contribution in [3.8, 4) is 0 Å². The van der Waals surface area contributed by atoms with E-state index in [4.69, 9.17) is 5.11 Å². The standard InChI is InChI=1S/C12H15N3O2/c16-11(17)15-7-5-12(8-15)4-3-9-2-1-6-13-10(9)14-12/h1-2,6H,3-5,7-8H2,(H,13,14)(H,16,17). The fraction of sp³-hybridized carbons (Fsp3) is 0.500. The second kappa shape index (κ2) is 3.61. The molecule has 3 heterocycles. The summed E-state index contributed by atoms with van der Waals surface area (Å²) in [7, 11) is 0. The topological polar surface area (TPSA) is 65.5 Å². The molecular weight excluding hydrogens is 218 g/mol. The summed E-state index contributed by atoms with van der Waals surface area (Å²) in [5.41, 5.74) is 1.13. The van der Waals surface area contributed by atoms with E-state index >= 15 is 0 Å². The van der Waals surface area contributed by atoms with Gasteiger partial charge in [0, 0.05) is 19.3 Å². The molecule has 1 atom stereocenters. The maximum atomic E-state index is 11.0. The molecule has 0 radical (unpaired) electrons. The van der Waals surface area contributed by atoms with Crippen LogP contribution in [0.3, 0.4) is 0 Å². The lowest BCUT2D eigenvalue weighted by Gasteiger charge is -2.35. The molecule has 3 rings (SSSR count). The van der Waals surface area contributed by atoms with Crippen LogP contribution in [-0.4, -0.2) is 39.7 Å². The number of rotatable bonds is 0. The fourth-order valence-electron chi connectivity index (χ4n) is 2.78. The summed E-state index contributed by atoms with van der Waals surface area (Å²) in [6.45, 7) is 1.18. The molecule has 1 spiro atoms. The molecule has 2 aliphatic heterocycles. The third kappa shape index (κ3) is 1.71. The van der Waals surface area contributed by atoms with Crippen LogP contribution in [0.15, 0.2) is 18.3 Å². The van der Waals surface area contributed by atoms with Gasteiger partial charge in [-0.05, 0) is 30.9 Å². The number of aromatic nitrogens is 1. The SMILES string of the molecule is O=C(O)N1CCC2(CCc3cccnc3N2)C1. The first-order chi connectivity index (χ1) is 8.19. The number of fused-ring (bicyclic) bond motifs is 1. The first kappa shape index (κ1) is 10.4. The van der Waals surface area contributed by atoms with E-state index in [1.165, 1.54) is 10.5 Å². The van der Waals surface area contributed by atoms with E-state index in [2.05, 4.69) is 16.4 Å². The van der Waals surface area contributed by atoms with Gasteiger partial charge in [-0.2, -0.15) is 0 Å². The number of carbonyl (C=O) groups is 1. The Kier molecular flexibility index (Phi) is 2.21. The van der Waals surface area contributed by atoms with Crippen LogP contribution in [0.1, 0.15) is 18.4 Å². The van der Waals surface area contributed by atoms with Crippen LogP contribution in [0.5, 0.6) is 0 Å². The van der Waals surface area contributed by atoms with Crippen LogP contribution < -0.4 is 5.32 Å². The Balaban J connectivity index is 1.82. The Morgan fingerprint density at radius 3 is 3.18 bits per heavy atom. The Bertz CT molecular complexity index is 463. The van der Waals surface area contributed by atoms with Crippen LogP contribution in [-0.2, 0) is 6.42 Å². The number of pyridine rings is 1. The van der Waals surface area contributed by atoms with Crippen LogP contribution in [0, 0.1) is 0 Å². The molecule has 5 nitrogen and oxygen atoms in total. The zero-order valence-corrected chi connectivity index (χ0v) is 9.52. The van der Waals surface area contributed by atoms with E-state index in [1.807, 2.05) is 6.07 Å². The monoisotopic (exact) mass is 233 g/mol. The molecule has 90 valence electrons. The fourth-order valence-corrected chi connectivity index (χ4v) is 2.78. The van der Waals surface area contributed by atoms with Crippen molar-refractivity contribution in [1.82, 2.24) is 9.88 Å². The Morgan fingerprint density at radius 2 is 2.41 bits per heavy atom. The molecule has 0 aromatic carbocycles. The van der Waals surface area contributed by atoms with Gasteiger partial charge in [-0.15, -0.1) is 0 Å². The van der Waals surface area contributed by atoms with Crippen molar-refractivity contribution < 1.29 is 9.90 Å². The zero-order valence-electron chi connectivity index (χ0n) is 9.52. The summed E-state index contributed by atoms with van der Waals surface area (Å²) in [6.07, 6.45) is 3.78. The predicted molar refractivity (Wildman–Crippen MR) is 63.1 cm³/mol. The summed E-state index contributed by atoms with van der Waals surface area (Å²) < 4.78 is 0. The highest BCUT2D eigenvalue weighted by molar-refractivity contribution is 5.66. The van der Waals surface area contributed by atoms with Gasteiger partial charge in [0.05, 0.1) is 5.54 Å². The minimum absolute atomic E-state index is 0.0975. The van der Waals surface area contributed by atoms with Crippen LogP contribution in [0.4, 0.5) is 10.6 Å². The van der Waals surface area contributed by atoms with E-state index in [0.717, 1.165) is 25.1 Å².